The monoisotopic (exact) mass is 106 g/mol. The number of rotatable bonds is 1. The fourth-order valence-corrected chi connectivity index (χ4v) is 0. The number of halogens is 1. The van der Waals surface area contributed by atoms with Crippen LogP contribution in [0, 0.1) is 0 Å². The SMILES string of the molecule is C[CH]([AlH2])CCl. The average Bonchev–Trinajstić information content (AvgIpc) is 1.38. The summed E-state index contributed by atoms with van der Waals surface area (Å²) in [7, 11) is 0. The molecule has 0 aromatic rings. The maximum absolute atomic E-state index is 5.37. The van der Waals surface area contributed by atoms with E-state index in [4.69, 9.17) is 11.6 Å². The molecule has 0 aliphatic rings. The molecule has 0 saturated carbocycles. The van der Waals surface area contributed by atoms with E-state index in [0.29, 0.717) is 0 Å². The van der Waals surface area contributed by atoms with Gasteiger partial charge in [0, 0.05) is 5.88 Å². The molecule has 0 saturated heterocycles. The van der Waals surface area contributed by atoms with Crippen molar-refractivity contribution in [2.75, 3.05) is 5.88 Å². The number of hydrogen-bond acceptors (Lipinski definition) is 0. The van der Waals surface area contributed by atoms with Crippen molar-refractivity contribution in [1.29, 1.82) is 0 Å². The van der Waals surface area contributed by atoms with Crippen LogP contribution < -0.4 is 0 Å². The second kappa shape index (κ2) is 3.03. The van der Waals surface area contributed by atoms with Crippen molar-refractivity contribution in [2.45, 2.75) is 11.7 Å². The Bertz CT molecular complexity index is 20.9. The van der Waals surface area contributed by atoms with Crippen molar-refractivity contribution < 1.29 is 0 Å². The molecule has 0 aliphatic heterocycles. The van der Waals surface area contributed by atoms with Crippen molar-refractivity contribution in [2.24, 2.45) is 0 Å². The highest BCUT2D eigenvalue weighted by molar-refractivity contribution is 6.23. The highest BCUT2D eigenvalue weighted by atomic mass is 35.5. The highest BCUT2D eigenvalue weighted by Gasteiger charge is 1.83. The van der Waals surface area contributed by atoms with Crippen LogP contribution in [0.3, 0.4) is 0 Å². The highest BCUT2D eigenvalue weighted by Crippen LogP contribution is 1.94. The number of alkyl halides is 1. The van der Waals surface area contributed by atoms with Gasteiger partial charge in [0.25, 0.3) is 0 Å². The molecule has 0 nitrogen and oxygen atoms in total. The lowest BCUT2D eigenvalue weighted by Gasteiger charge is -1.87. The molecule has 0 spiro atoms. The summed E-state index contributed by atoms with van der Waals surface area (Å²) < 4.78 is 0.789. The Kier molecular flexibility index (Phi) is 3.53. The van der Waals surface area contributed by atoms with E-state index < -0.39 is 0 Å². The standard InChI is InChI=1S/C3H6Cl.Al.2H/c1-2-3-4;;;/h2H,3H2,1H3;;;. The van der Waals surface area contributed by atoms with E-state index in [0.717, 1.165) is 10.7 Å². The summed E-state index contributed by atoms with van der Waals surface area (Å²) in [5.74, 6) is 0.840. The van der Waals surface area contributed by atoms with Crippen LogP contribution in [0.15, 0.2) is 0 Å². The van der Waals surface area contributed by atoms with E-state index >= 15 is 0 Å². The Hall–Kier alpha value is 0.822. The molecule has 2 heteroatoms. The van der Waals surface area contributed by atoms with Crippen LogP contribution in [0.2, 0.25) is 4.78 Å². The van der Waals surface area contributed by atoms with Crippen molar-refractivity contribution in [1.82, 2.24) is 0 Å². The molecule has 0 rings (SSSR count). The third-order valence-corrected chi connectivity index (χ3v) is 1.85. The summed E-state index contributed by atoms with van der Waals surface area (Å²) in [5.41, 5.74) is 0. The Morgan fingerprint density at radius 1 is 2.00 bits per heavy atom. The van der Waals surface area contributed by atoms with Crippen LogP contribution >= 0.6 is 11.6 Å². The van der Waals surface area contributed by atoms with Gasteiger partial charge in [0.2, 0.25) is 16.3 Å². The summed E-state index contributed by atoms with van der Waals surface area (Å²) in [6, 6.07) is 0. The normalized spacial score (nSPS) is 14.8. The quantitative estimate of drug-likeness (QED) is 0.341. The van der Waals surface area contributed by atoms with Gasteiger partial charge in [-0.3, -0.25) is 0 Å². The minimum atomic E-state index is 0.789. The molecule has 0 heterocycles. The summed E-state index contributed by atoms with van der Waals surface area (Å²) in [5, 5.41) is 0. The summed E-state index contributed by atoms with van der Waals surface area (Å²) >= 11 is 6.61. The predicted molar refractivity (Wildman–Crippen MR) is 28.7 cm³/mol. The van der Waals surface area contributed by atoms with E-state index in [1.165, 1.54) is 16.3 Å². The van der Waals surface area contributed by atoms with Gasteiger partial charge in [-0.25, -0.2) is 0 Å². The lowest BCUT2D eigenvalue weighted by Crippen LogP contribution is -1.82. The molecule has 0 aliphatic carbocycles. The van der Waals surface area contributed by atoms with Gasteiger partial charge in [-0.2, -0.15) is 0 Å². The largest absolute Gasteiger partial charge is 0.217 e. The van der Waals surface area contributed by atoms with Gasteiger partial charge in [0.15, 0.2) is 0 Å². The molecule has 0 bridgehead atoms. The van der Waals surface area contributed by atoms with E-state index in [9.17, 15) is 0 Å². The molecule has 1 unspecified atom stereocenters. The fourth-order valence-electron chi connectivity index (χ4n) is 0. The van der Waals surface area contributed by atoms with Crippen molar-refractivity contribution in [3.8, 4) is 0 Å². The molecule has 0 aromatic heterocycles. The van der Waals surface area contributed by atoms with Crippen molar-refractivity contribution in [3.63, 3.8) is 0 Å². The van der Waals surface area contributed by atoms with E-state index in [-0.39, 0.29) is 0 Å². The first-order valence-electron chi connectivity index (χ1n) is 1.83. The van der Waals surface area contributed by atoms with E-state index in [2.05, 4.69) is 6.92 Å². The topological polar surface area (TPSA) is 0 Å². The molecule has 0 N–H and O–H groups in total. The molecule has 1 atom stereocenters. The molecule has 0 radical (unpaired) electrons. The van der Waals surface area contributed by atoms with Crippen LogP contribution in [0.4, 0.5) is 0 Å². The molecular weight excluding hydrogens is 98.5 g/mol. The molecule has 30 valence electrons. The summed E-state index contributed by atoms with van der Waals surface area (Å²) in [4.78, 5) is 0. The van der Waals surface area contributed by atoms with Crippen LogP contribution in [0.1, 0.15) is 6.92 Å². The van der Waals surface area contributed by atoms with Gasteiger partial charge >= 0.3 is 0 Å². The predicted octanol–water partition coefficient (Wildman–Crippen LogP) is 0.667. The van der Waals surface area contributed by atoms with Crippen LogP contribution in [0.25, 0.3) is 0 Å². The maximum atomic E-state index is 5.37. The van der Waals surface area contributed by atoms with Crippen LogP contribution in [-0.4, -0.2) is 22.2 Å². The molecule has 0 amide bonds. The third-order valence-electron chi connectivity index (χ3n) is 0.309. The van der Waals surface area contributed by atoms with E-state index in [1.54, 1.807) is 0 Å². The fraction of sp³-hybridized carbons (Fsp3) is 1.00. The lowest BCUT2D eigenvalue weighted by atomic mass is 10.6. The third kappa shape index (κ3) is 4.82. The zero-order chi connectivity index (χ0) is 4.28. The van der Waals surface area contributed by atoms with Gasteiger partial charge in [-0.05, 0) is 0 Å². The summed E-state index contributed by atoms with van der Waals surface area (Å²) in [6.07, 6.45) is 0. The van der Waals surface area contributed by atoms with Crippen LogP contribution in [-0.2, 0) is 0 Å². The smallest absolute Gasteiger partial charge is 0.128 e. The van der Waals surface area contributed by atoms with Gasteiger partial charge in [0.1, 0.15) is 0 Å². The Morgan fingerprint density at radius 3 is 2.20 bits per heavy atom. The first-order chi connectivity index (χ1) is 2.27. The number of hydrogen-bond donors (Lipinski definition) is 0. The second-order valence-corrected chi connectivity index (χ2v) is 3.83. The second-order valence-electron chi connectivity index (χ2n) is 1.55. The molecular formula is C3H8AlCl. The molecule has 0 aromatic carbocycles. The van der Waals surface area contributed by atoms with E-state index in [1.807, 2.05) is 0 Å². The Labute approximate surface area is 45.9 Å². The summed E-state index contributed by atoms with van der Waals surface area (Å²) in [6.45, 7) is 2.15. The zero-order valence-corrected chi connectivity index (χ0v) is 6.42. The minimum absolute atomic E-state index is 0.789. The molecule has 0 fully saturated rings. The Balaban J connectivity index is 2.54. The molecule has 5 heavy (non-hydrogen) atoms. The van der Waals surface area contributed by atoms with Crippen molar-refractivity contribution in [3.05, 3.63) is 0 Å². The minimum Gasteiger partial charge on any atom is -0.128 e. The average molecular weight is 107 g/mol. The van der Waals surface area contributed by atoms with Gasteiger partial charge in [-0.15, -0.1) is 11.6 Å². The van der Waals surface area contributed by atoms with Gasteiger partial charge in [-0.1, -0.05) is 11.7 Å². The first-order valence-corrected chi connectivity index (χ1v) is 3.52. The van der Waals surface area contributed by atoms with Crippen molar-refractivity contribution >= 4 is 27.9 Å². The lowest BCUT2D eigenvalue weighted by molar-refractivity contribution is 1.09. The Morgan fingerprint density at radius 2 is 2.20 bits per heavy atom. The van der Waals surface area contributed by atoms with Crippen LogP contribution in [0.5, 0.6) is 0 Å². The van der Waals surface area contributed by atoms with Gasteiger partial charge in [0.05, 0.1) is 0 Å². The maximum Gasteiger partial charge on any atom is 0.217 e. The first kappa shape index (κ1) is 5.82. The zero-order valence-electron chi connectivity index (χ0n) is 3.66. The van der Waals surface area contributed by atoms with Gasteiger partial charge < -0.3 is 0 Å².